The number of fused-ring (bicyclic) bond motifs is 4. The van der Waals surface area contributed by atoms with Gasteiger partial charge in [-0.2, -0.15) is 0 Å². The van der Waals surface area contributed by atoms with Crippen LogP contribution in [0.25, 0.3) is 68.6 Å². The summed E-state index contributed by atoms with van der Waals surface area (Å²) in [6.45, 7) is 0. The molecule has 0 radical (unpaired) electrons. The van der Waals surface area contributed by atoms with Crippen LogP contribution < -0.4 is 0 Å². The third-order valence-corrected chi connectivity index (χ3v) is 10.5. The zero-order chi connectivity index (χ0) is 35.2. The molecule has 0 atom stereocenters. The van der Waals surface area contributed by atoms with Crippen LogP contribution in [0.3, 0.4) is 0 Å². The van der Waals surface area contributed by atoms with E-state index in [1.54, 1.807) is 24.8 Å². The van der Waals surface area contributed by atoms with Crippen LogP contribution >= 0.6 is 0 Å². The molecule has 0 unspecified atom stereocenters. The quantitative estimate of drug-likeness (QED) is 0.168. The summed E-state index contributed by atoms with van der Waals surface area (Å²) in [5.41, 5.74) is 10.2. The van der Waals surface area contributed by atoms with E-state index in [4.69, 9.17) is 29.9 Å². The number of allylic oxidation sites excluding steroid dienone is 4. The minimum absolute atomic E-state index is 0.104. The van der Waals surface area contributed by atoms with Gasteiger partial charge in [0, 0.05) is 35.8 Å². The lowest BCUT2D eigenvalue weighted by molar-refractivity contribution is 0.544. The molecule has 254 valence electrons. The van der Waals surface area contributed by atoms with Gasteiger partial charge in [0.1, 0.15) is 22.8 Å². The van der Waals surface area contributed by atoms with Crippen molar-refractivity contribution in [1.29, 1.82) is 0 Å². The van der Waals surface area contributed by atoms with E-state index in [9.17, 15) is 0 Å². The Morgan fingerprint density at radius 1 is 0.453 bits per heavy atom. The minimum atomic E-state index is -0.104. The van der Waals surface area contributed by atoms with Crippen LogP contribution in [0.15, 0.2) is 127 Å². The Kier molecular flexibility index (Phi) is 7.52. The molecule has 0 bridgehead atoms. The van der Waals surface area contributed by atoms with Crippen molar-refractivity contribution in [2.24, 2.45) is 0 Å². The first-order valence-corrected chi connectivity index (χ1v) is 18.0. The Balaban J connectivity index is 1.08. The molecule has 3 aliphatic rings. The number of pyridine rings is 4. The zero-order valence-corrected chi connectivity index (χ0v) is 28.8. The van der Waals surface area contributed by atoms with Crippen LogP contribution in [0.1, 0.15) is 55.5 Å². The first kappa shape index (κ1) is 31.1. The second-order valence-corrected chi connectivity index (χ2v) is 13.6. The van der Waals surface area contributed by atoms with Crippen molar-refractivity contribution in [3.8, 4) is 57.5 Å². The fourth-order valence-corrected chi connectivity index (χ4v) is 8.08. The van der Waals surface area contributed by atoms with E-state index in [2.05, 4.69) is 44.2 Å². The summed E-state index contributed by atoms with van der Waals surface area (Å²) in [5.74, 6) is 3.40. The average Bonchev–Trinajstić information content (AvgIpc) is 3.85. The Bertz CT molecular complexity index is 2430. The van der Waals surface area contributed by atoms with Crippen LogP contribution in [-0.2, 0) is 5.41 Å². The molecule has 0 N–H and O–H groups in total. The van der Waals surface area contributed by atoms with Crippen molar-refractivity contribution < 1.29 is 0 Å². The lowest BCUT2D eigenvalue weighted by Gasteiger charge is -2.30. The first-order chi connectivity index (χ1) is 26.2. The third-order valence-electron chi connectivity index (χ3n) is 10.5. The molecule has 1 spiro atoms. The van der Waals surface area contributed by atoms with E-state index in [-0.39, 0.29) is 5.41 Å². The molecular formula is C43H32N10. The summed E-state index contributed by atoms with van der Waals surface area (Å²) < 4.78 is 0. The molecule has 53 heavy (non-hydrogen) atoms. The maximum absolute atomic E-state index is 5.02. The highest BCUT2D eigenvalue weighted by Crippen LogP contribution is 2.59. The normalized spacial score (nSPS) is 15.7. The van der Waals surface area contributed by atoms with Gasteiger partial charge in [-0.3, -0.25) is 19.9 Å². The number of aromatic nitrogens is 10. The van der Waals surface area contributed by atoms with Crippen LogP contribution in [-0.4, -0.2) is 49.8 Å². The number of hydrogen-bond donors (Lipinski definition) is 0. The summed E-state index contributed by atoms with van der Waals surface area (Å²) in [6.07, 6.45) is 15.6. The SMILES string of the molecule is C1=C(c2nc(-c3ccccn3)nc(-c3ccccn3)n2)CCC2=C1C1(CCCC1)c1cc(-c3nc(-c4ccccn4)nc(-c4ccccn4)n3)ccc12. The summed E-state index contributed by atoms with van der Waals surface area (Å²) in [4.78, 5) is 47.8. The Hall–Kier alpha value is -6.68. The second kappa shape index (κ2) is 12.8. The van der Waals surface area contributed by atoms with Gasteiger partial charge in [0.2, 0.25) is 0 Å². The fraction of sp³-hybridized carbons (Fsp3) is 0.163. The van der Waals surface area contributed by atoms with Gasteiger partial charge in [0.15, 0.2) is 34.9 Å². The van der Waals surface area contributed by atoms with Gasteiger partial charge in [-0.05, 0) is 108 Å². The predicted octanol–water partition coefficient (Wildman–Crippen LogP) is 8.43. The van der Waals surface area contributed by atoms with Gasteiger partial charge in [0.05, 0.1) is 0 Å². The highest BCUT2D eigenvalue weighted by atomic mass is 15.1. The van der Waals surface area contributed by atoms with Gasteiger partial charge < -0.3 is 0 Å². The molecule has 6 aromatic heterocycles. The molecule has 0 aliphatic heterocycles. The number of hydrogen-bond acceptors (Lipinski definition) is 10. The van der Waals surface area contributed by atoms with Crippen molar-refractivity contribution in [3.05, 3.63) is 144 Å². The first-order valence-electron chi connectivity index (χ1n) is 18.0. The van der Waals surface area contributed by atoms with Crippen molar-refractivity contribution in [2.45, 2.75) is 43.9 Å². The van der Waals surface area contributed by atoms with Crippen molar-refractivity contribution in [1.82, 2.24) is 49.8 Å². The smallest absolute Gasteiger partial charge is 0.182 e. The summed E-state index contributed by atoms with van der Waals surface area (Å²) in [7, 11) is 0. The molecule has 10 rings (SSSR count). The molecule has 10 heteroatoms. The van der Waals surface area contributed by atoms with E-state index >= 15 is 0 Å². The monoisotopic (exact) mass is 688 g/mol. The van der Waals surface area contributed by atoms with E-state index in [0.29, 0.717) is 57.7 Å². The lowest BCUT2D eigenvalue weighted by atomic mass is 9.73. The Labute approximate surface area is 306 Å². The van der Waals surface area contributed by atoms with E-state index in [1.165, 1.54) is 35.1 Å². The standard InChI is InChI=1S/C43H32N10/c1-7-21-44-33(11-1)39-48-37(49-40(52-39)34-12-2-8-22-45-34)27-15-17-29-30-18-16-28(26-32(30)43(31(29)25-27)19-5-6-20-43)38-50-41(35-13-3-9-23-46-35)53-42(51-38)36-14-4-10-24-47-36/h1-4,7-15,17,21-26H,5-6,16,18-20H2. The average molecular weight is 689 g/mol. The minimum Gasteiger partial charge on any atom is -0.253 e. The summed E-state index contributed by atoms with van der Waals surface area (Å²) >= 11 is 0. The topological polar surface area (TPSA) is 129 Å². The zero-order valence-electron chi connectivity index (χ0n) is 28.8. The Morgan fingerprint density at radius 3 is 1.40 bits per heavy atom. The van der Waals surface area contributed by atoms with Gasteiger partial charge in [0.25, 0.3) is 0 Å². The van der Waals surface area contributed by atoms with Crippen LogP contribution in [0, 0.1) is 0 Å². The van der Waals surface area contributed by atoms with Crippen LogP contribution in [0.2, 0.25) is 0 Å². The molecule has 0 amide bonds. The molecule has 1 fully saturated rings. The number of benzene rings is 1. The molecule has 3 aliphatic carbocycles. The van der Waals surface area contributed by atoms with E-state index in [0.717, 1.165) is 36.8 Å². The Morgan fingerprint density at radius 2 is 0.925 bits per heavy atom. The fourth-order valence-electron chi connectivity index (χ4n) is 8.08. The maximum atomic E-state index is 5.02. The molecular weight excluding hydrogens is 657 g/mol. The summed E-state index contributed by atoms with van der Waals surface area (Å²) in [5, 5.41) is 0. The molecule has 10 nitrogen and oxygen atoms in total. The van der Waals surface area contributed by atoms with Crippen LogP contribution in [0.5, 0.6) is 0 Å². The largest absolute Gasteiger partial charge is 0.253 e. The molecule has 1 aromatic carbocycles. The van der Waals surface area contributed by atoms with Gasteiger partial charge in [-0.25, -0.2) is 29.9 Å². The van der Waals surface area contributed by atoms with E-state index in [1.807, 2.05) is 72.8 Å². The molecule has 0 saturated heterocycles. The number of nitrogens with zero attached hydrogens (tertiary/aromatic N) is 10. The second-order valence-electron chi connectivity index (χ2n) is 13.6. The predicted molar refractivity (Wildman–Crippen MR) is 202 cm³/mol. The van der Waals surface area contributed by atoms with Crippen molar-refractivity contribution in [2.75, 3.05) is 0 Å². The van der Waals surface area contributed by atoms with E-state index < -0.39 is 0 Å². The van der Waals surface area contributed by atoms with Gasteiger partial charge in [-0.15, -0.1) is 0 Å². The van der Waals surface area contributed by atoms with Crippen molar-refractivity contribution >= 4 is 11.1 Å². The highest BCUT2D eigenvalue weighted by molar-refractivity contribution is 5.89. The van der Waals surface area contributed by atoms with Crippen LogP contribution in [0.4, 0.5) is 0 Å². The van der Waals surface area contributed by atoms with Gasteiger partial charge >= 0.3 is 0 Å². The molecule has 6 heterocycles. The van der Waals surface area contributed by atoms with Crippen molar-refractivity contribution in [3.63, 3.8) is 0 Å². The number of rotatable bonds is 6. The summed E-state index contributed by atoms with van der Waals surface area (Å²) in [6, 6.07) is 29.8. The third kappa shape index (κ3) is 5.50. The maximum Gasteiger partial charge on any atom is 0.182 e. The lowest BCUT2D eigenvalue weighted by Crippen LogP contribution is -2.22. The molecule has 1 saturated carbocycles. The van der Waals surface area contributed by atoms with Gasteiger partial charge in [-0.1, -0.05) is 55.3 Å². The molecule has 7 aromatic rings. The highest BCUT2D eigenvalue weighted by Gasteiger charge is 2.47.